The number of benzene rings is 2. The van der Waals surface area contributed by atoms with E-state index in [0.29, 0.717) is 5.69 Å². The van der Waals surface area contributed by atoms with Crippen molar-refractivity contribution < 1.29 is 19.3 Å². The summed E-state index contributed by atoms with van der Waals surface area (Å²) in [6.45, 7) is 3.52. The standard InChI is InChI=1S/C18H18N4O5/c1-11(2)16(23)19-13-9-7-12(8-10-13)17(24)20-21-18(25)14-5-3-4-6-15(14)22(26)27/h3-11H,1-2H3,(H,19,23)(H,20,24)(H,21,25). The average molecular weight is 370 g/mol. The lowest BCUT2D eigenvalue weighted by Gasteiger charge is -2.10. The molecule has 3 amide bonds. The van der Waals surface area contributed by atoms with E-state index in [1.54, 1.807) is 26.0 Å². The molecule has 9 nitrogen and oxygen atoms in total. The number of nitrogens with zero attached hydrogens (tertiary/aromatic N) is 1. The van der Waals surface area contributed by atoms with E-state index in [4.69, 9.17) is 0 Å². The summed E-state index contributed by atoms with van der Waals surface area (Å²) in [4.78, 5) is 46.1. The number of anilines is 1. The number of hydrogen-bond donors (Lipinski definition) is 3. The van der Waals surface area contributed by atoms with Gasteiger partial charge < -0.3 is 5.32 Å². The van der Waals surface area contributed by atoms with E-state index in [1.165, 1.54) is 36.4 Å². The molecule has 9 heteroatoms. The second kappa shape index (κ2) is 8.56. The van der Waals surface area contributed by atoms with Gasteiger partial charge in [0.15, 0.2) is 0 Å². The van der Waals surface area contributed by atoms with Crippen molar-refractivity contribution in [3.05, 3.63) is 69.8 Å². The minimum atomic E-state index is -0.809. The number of carbonyl (C=O) groups is 3. The normalized spacial score (nSPS) is 10.2. The first-order valence-corrected chi connectivity index (χ1v) is 8.04. The van der Waals surface area contributed by atoms with Crippen molar-refractivity contribution in [3.63, 3.8) is 0 Å². The van der Waals surface area contributed by atoms with Gasteiger partial charge in [-0.3, -0.25) is 35.3 Å². The minimum Gasteiger partial charge on any atom is -0.326 e. The summed E-state index contributed by atoms with van der Waals surface area (Å²) in [7, 11) is 0. The molecule has 0 aromatic heterocycles. The van der Waals surface area contributed by atoms with Gasteiger partial charge in [0, 0.05) is 23.2 Å². The van der Waals surface area contributed by atoms with Gasteiger partial charge in [-0.1, -0.05) is 26.0 Å². The van der Waals surface area contributed by atoms with E-state index >= 15 is 0 Å². The number of rotatable bonds is 5. The number of hydrazine groups is 1. The van der Waals surface area contributed by atoms with Crippen LogP contribution >= 0.6 is 0 Å². The van der Waals surface area contributed by atoms with Gasteiger partial charge >= 0.3 is 0 Å². The second-order valence-corrected chi connectivity index (χ2v) is 5.90. The highest BCUT2D eigenvalue weighted by Crippen LogP contribution is 2.17. The Morgan fingerprint density at radius 3 is 2.11 bits per heavy atom. The van der Waals surface area contributed by atoms with Crippen LogP contribution in [0.3, 0.4) is 0 Å². The molecule has 0 saturated carbocycles. The van der Waals surface area contributed by atoms with Gasteiger partial charge in [-0.2, -0.15) is 0 Å². The fourth-order valence-electron chi connectivity index (χ4n) is 2.07. The maximum Gasteiger partial charge on any atom is 0.282 e. The van der Waals surface area contributed by atoms with Gasteiger partial charge in [-0.25, -0.2) is 0 Å². The Morgan fingerprint density at radius 1 is 0.926 bits per heavy atom. The van der Waals surface area contributed by atoms with Crippen LogP contribution in [-0.2, 0) is 4.79 Å². The first kappa shape index (κ1) is 19.6. The zero-order valence-electron chi connectivity index (χ0n) is 14.7. The van der Waals surface area contributed by atoms with Gasteiger partial charge in [0.05, 0.1) is 4.92 Å². The lowest BCUT2D eigenvalue weighted by Crippen LogP contribution is -2.41. The topological polar surface area (TPSA) is 130 Å². The molecule has 140 valence electrons. The third-order valence-corrected chi connectivity index (χ3v) is 3.57. The SMILES string of the molecule is CC(C)C(=O)Nc1ccc(C(=O)NNC(=O)c2ccccc2[N+](=O)[O-])cc1. The summed E-state index contributed by atoms with van der Waals surface area (Å²) in [6.07, 6.45) is 0. The van der Waals surface area contributed by atoms with Crippen LogP contribution in [0.5, 0.6) is 0 Å². The predicted molar refractivity (Wildman–Crippen MR) is 97.9 cm³/mol. The minimum absolute atomic E-state index is 0.149. The molecule has 0 heterocycles. The molecule has 2 rings (SSSR count). The van der Waals surface area contributed by atoms with E-state index in [9.17, 15) is 24.5 Å². The van der Waals surface area contributed by atoms with Crippen LogP contribution in [0.1, 0.15) is 34.6 Å². The zero-order chi connectivity index (χ0) is 20.0. The fourth-order valence-corrected chi connectivity index (χ4v) is 2.07. The monoisotopic (exact) mass is 370 g/mol. The first-order valence-electron chi connectivity index (χ1n) is 8.04. The van der Waals surface area contributed by atoms with Crippen LogP contribution in [0.4, 0.5) is 11.4 Å². The third kappa shape index (κ3) is 5.11. The third-order valence-electron chi connectivity index (χ3n) is 3.57. The maximum absolute atomic E-state index is 12.1. The fraction of sp³-hybridized carbons (Fsp3) is 0.167. The molecule has 0 aliphatic carbocycles. The Kier molecular flexibility index (Phi) is 6.21. The molecule has 0 radical (unpaired) electrons. The second-order valence-electron chi connectivity index (χ2n) is 5.90. The van der Waals surface area contributed by atoms with E-state index in [1.807, 2.05) is 0 Å². The van der Waals surface area contributed by atoms with E-state index in [0.717, 1.165) is 0 Å². The Balaban J connectivity index is 1.99. The Bertz CT molecular complexity index is 878. The van der Waals surface area contributed by atoms with Crippen molar-refractivity contribution in [3.8, 4) is 0 Å². The molecule has 0 saturated heterocycles. The highest BCUT2D eigenvalue weighted by Gasteiger charge is 2.19. The highest BCUT2D eigenvalue weighted by molar-refractivity contribution is 6.01. The molecule has 0 bridgehead atoms. The molecule has 0 atom stereocenters. The Morgan fingerprint density at radius 2 is 1.52 bits per heavy atom. The van der Waals surface area contributed by atoms with Crippen molar-refractivity contribution in [2.24, 2.45) is 5.92 Å². The van der Waals surface area contributed by atoms with Gasteiger partial charge in [0.25, 0.3) is 17.5 Å². The van der Waals surface area contributed by atoms with Crippen LogP contribution in [0.25, 0.3) is 0 Å². The summed E-state index contributed by atoms with van der Waals surface area (Å²) in [5.74, 6) is -1.74. The van der Waals surface area contributed by atoms with Crippen LogP contribution in [-0.4, -0.2) is 22.6 Å². The molecule has 0 aliphatic heterocycles. The summed E-state index contributed by atoms with van der Waals surface area (Å²) in [5, 5.41) is 13.6. The van der Waals surface area contributed by atoms with Crippen molar-refractivity contribution in [1.29, 1.82) is 0 Å². The first-order chi connectivity index (χ1) is 12.8. The van der Waals surface area contributed by atoms with E-state index in [-0.39, 0.29) is 28.6 Å². The number of nitro benzene ring substituents is 1. The van der Waals surface area contributed by atoms with Gasteiger partial charge in [-0.05, 0) is 30.3 Å². The number of nitro groups is 1. The summed E-state index contributed by atoms with van der Waals surface area (Å²) in [6, 6.07) is 11.5. The quantitative estimate of drug-likeness (QED) is 0.549. The Labute approximate surface area is 154 Å². The molecule has 0 aliphatic rings. The summed E-state index contributed by atoms with van der Waals surface area (Å²) < 4.78 is 0. The van der Waals surface area contributed by atoms with Crippen LogP contribution < -0.4 is 16.2 Å². The van der Waals surface area contributed by atoms with Crippen LogP contribution in [0.2, 0.25) is 0 Å². The molecule has 0 spiro atoms. The molecular weight excluding hydrogens is 352 g/mol. The van der Waals surface area contributed by atoms with Crippen molar-refractivity contribution in [2.75, 3.05) is 5.32 Å². The molecule has 2 aromatic rings. The van der Waals surface area contributed by atoms with Crippen molar-refractivity contribution in [2.45, 2.75) is 13.8 Å². The van der Waals surface area contributed by atoms with Crippen molar-refractivity contribution in [1.82, 2.24) is 10.9 Å². The molecular formula is C18H18N4O5. The largest absolute Gasteiger partial charge is 0.326 e. The van der Waals surface area contributed by atoms with Gasteiger partial charge in [0.1, 0.15) is 5.56 Å². The van der Waals surface area contributed by atoms with Gasteiger partial charge in [0.2, 0.25) is 5.91 Å². The predicted octanol–water partition coefficient (Wildman–Crippen LogP) is 2.26. The number of para-hydroxylation sites is 1. The number of nitrogens with one attached hydrogen (secondary N) is 3. The van der Waals surface area contributed by atoms with Crippen molar-refractivity contribution >= 4 is 29.1 Å². The van der Waals surface area contributed by atoms with E-state index in [2.05, 4.69) is 16.2 Å². The number of hydrogen-bond acceptors (Lipinski definition) is 5. The zero-order valence-corrected chi connectivity index (χ0v) is 14.7. The smallest absolute Gasteiger partial charge is 0.282 e. The lowest BCUT2D eigenvalue weighted by atomic mass is 10.1. The molecule has 27 heavy (non-hydrogen) atoms. The molecule has 0 unspecified atom stereocenters. The lowest BCUT2D eigenvalue weighted by molar-refractivity contribution is -0.385. The highest BCUT2D eigenvalue weighted by atomic mass is 16.6. The molecule has 0 fully saturated rings. The van der Waals surface area contributed by atoms with E-state index < -0.39 is 16.7 Å². The summed E-state index contributed by atoms with van der Waals surface area (Å²) in [5.41, 5.74) is 4.57. The summed E-state index contributed by atoms with van der Waals surface area (Å²) >= 11 is 0. The van der Waals surface area contributed by atoms with Crippen LogP contribution in [0, 0.1) is 16.0 Å². The Hall–Kier alpha value is -3.75. The maximum atomic E-state index is 12.1. The molecule has 3 N–H and O–H groups in total. The molecule has 2 aromatic carbocycles. The van der Waals surface area contributed by atoms with Crippen LogP contribution in [0.15, 0.2) is 48.5 Å². The van der Waals surface area contributed by atoms with Gasteiger partial charge in [-0.15, -0.1) is 0 Å². The number of amides is 3. The average Bonchev–Trinajstić information content (AvgIpc) is 2.66. The number of carbonyl (C=O) groups excluding carboxylic acids is 3.